The minimum Gasteiger partial charge on any atom is -0.488 e. The van der Waals surface area contributed by atoms with Crippen LogP contribution in [0, 0.1) is 0 Å². The van der Waals surface area contributed by atoms with E-state index in [1.54, 1.807) is 42.4 Å². The second-order valence-corrected chi connectivity index (χ2v) is 11.5. The number of aryl methyl sites for hydroxylation is 1. The number of fused-ring (bicyclic) bond motifs is 1. The van der Waals surface area contributed by atoms with Crippen LogP contribution in [0.2, 0.25) is 0 Å². The molecule has 39 heavy (non-hydrogen) atoms. The number of aromatic nitrogens is 1. The summed E-state index contributed by atoms with van der Waals surface area (Å²) in [7, 11) is 1.37. The number of aliphatic hydroxyl groups is 1. The van der Waals surface area contributed by atoms with E-state index in [1.807, 2.05) is 51.1 Å². The predicted octanol–water partition coefficient (Wildman–Crippen LogP) is 5.68. The van der Waals surface area contributed by atoms with Gasteiger partial charge in [-0.1, -0.05) is 23.9 Å². The second-order valence-electron chi connectivity index (χ2n) is 10.4. The maximum Gasteiger partial charge on any atom is 0.410 e. The zero-order chi connectivity index (χ0) is 28.0. The van der Waals surface area contributed by atoms with Crippen molar-refractivity contribution in [1.29, 1.82) is 0 Å². The molecule has 3 aromatic rings. The van der Waals surface area contributed by atoms with E-state index in [9.17, 15) is 14.7 Å². The lowest BCUT2D eigenvalue weighted by molar-refractivity contribution is 0.00363. The Morgan fingerprint density at radius 1 is 1.15 bits per heavy atom. The van der Waals surface area contributed by atoms with Crippen LogP contribution in [0.25, 0.3) is 0 Å². The first-order valence-corrected chi connectivity index (χ1v) is 13.6. The van der Waals surface area contributed by atoms with E-state index in [4.69, 9.17) is 14.2 Å². The molecule has 0 unspecified atom stereocenters. The molecule has 1 aliphatic heterocycles. The summed E-state index contributed by atoms with van der Waals surface area (Å²) in [5.41, 5.74) is 1.55. The van der Waals surface area contributed by atoms with Crippen LogP contribution in [0.15, 0.2) is 76.8 Å². The van der Waals surface area contributed by atoms with Crippen molar-refractivity contribution in [3.8, 4) is 5.75 Å². The molecule has 1 N–H and O–H groups in total. The summed E-state index contributed by atoms with van der Waals surface area (Å²) in [6.45, 7) is 5.79. The summed E-state index contributed by atoms with van der Waals surface area (Å²) in [5.74, 6) is 0.409. The van der Waals surface area contributed by atoms with Crippen LogP contribution < -0.4 is 4.74 Å². The van der Waals surface area contributed by atoms with Gasteiger partial charge in [-0.15, -0.1) is 0 Å². The van der Waals surface area contributed by atoms with E-state index in [1.165, 1.54) is 12.0 Å². The highest BCUT2D eigenvalue weighted by Gasteiger charge is 2.29. The number of esters is 1. The molecular formula is C30H34N2O6S. The second kappa shape index (κ2) is 12.5. The fourth-order valence-electron chi connectivity index (χ4n) is 4.24. The zero-order valence-corrected chi connectivity index (χ0v) is 23.4. The summed E-state index contributed by atoms with van der Waals surface area (Å²) in [4.78, 5) is 32.4. The van der Waals surface area contributed by atoms with E-state index in [2.05, 4.69) is 11.1 Å². The van der Waals surface area contributed by atoms with Gasteiger partial charge in [-0.05, 0) is 81.6 Å². The number of aliphatic hydroxyl groups excluding tert-OH is 1. The van der Waals surface area contributed by atoms with Crippen molar-refractivity contribution in [1.82, 2.24) is 9.88 Å². The summed E-state index contributed by atoms with van der Waals surface area (Å²) >= 11 is 1.56. The fraction of sp³-hybridized carbons (Fsp3) is 0.367. The molecular weight excluding hydrogens is 516 g/mol. The summed E-state index contributed by atoms with van der Waals surface area (Å²) in [6.07, 6.45) is 3.07. The summed E-state index contributed by atoms with van der Waals surface area (Å²) in [6, 6.07) is 16.9. The number of carbonyl (C=O) groups is 2. The minimum atomic E-state index is -0.903. The molecule has 1 aromatic heterocycles. The molecule has 9 heteroatoms. The average Bonchev–Trinajstić information content (AvgIpc) is 2.92. The Bertz CT molecular complexity index is 1290. The van der Waals surface area contributed by atoms with Crippen LogP contribution in [0.1, 0.15) is 54.8 Å². The average molecular weight is 551 g/mol. The molecule has 0 radical (unpaired) electrons. The number of benzene rings is 2. The number of amides is 1. The Kier molecular flexibility index (Phi) is 9.14. The van der Waals surface area contributed by atoms with Crippen molar-refractivity contribution in [3.63, 3.8) is 0 Å². The number of carbonyl (C=O) groups excluding carboxylic acids is 2. The fourth-order valence-corrected chi connectivity index (χ4v) is 5.18. The Morgan fingerprint density at radius 3 is 2.67 bits per heavy atom. The van der Waals surface area contributed by atoms with Gasteiger partial charge >= 0.3 is 12.1 Å². The molecule has 2 aromatic carbocycles. The largest absolute Gasteiger partial charge is 0.488 e. The normalized spacial score (nSPS) is 15.5. The maximum atomic E-state index is 13.0. The van der Waals surface area contributed by atoms with E-state index < -0.39 is 17.8 Å². The monoisotopic (exact) mass is 550 g/mol. The van der Waals surface area contributed by atoms with Crippen LogP contribution in [0.5, 0.6) is 5.75 Å². The SMILES string of the molecule is COC(=O)c1cccc(Sc2ccc3c(c2)CC[C@H](CN(C[C@H](O)c2cccnc2)C(=O)OC(C)(C)C)O3)c1. The van der Waals surface area contributed by atoms with Gasteiger partial charge in [0.25, 0.3) is 0 Å². The van der Waals surface area contributed by atoms with E-state index >= 15 is 0 Å². The molecule has 0 spiro atoms. The maximum absolute atomic E-state index is 13.0. The molecule has 1 aliphatic rings. The first-order chi connectivity index (χ1) is 18.6. The Balaban J connectivity index is 1.44. The minimum absolute atomic E-state index is 0.0630. The highest BCUT2D eigenvalue weighted by molar-refractivity contribution is 7.99. The lowest BCUT2D eigenvalue weighted by Crippen LogP contribution is -2.45. The number of hydrogen-bond donors (Lipinski definition) is 1. The molecule has 0 saturated carbocycles. The molecule has 0 bridgehead atoms. The number of pyridine rings is 1. The van der Waals surface area contributed by atoms with Gasteiger partial charge in [-0.2, -0.15) is 0 Å². The number of ether oxygens (including phenoxy) is 3. The van der Waals surface area contributed by atoms with E-state index in [-0.39, 0.29) is 25.2 Å². The first kappa shape index (κ1) is 28.4. The van der Waals surface area contributed by atoms with Gasteiger partial charge in [0.1, 0.15) is 17.5 Å². The van der Waals surface area contributed by atoms with Crippen LogP contribution >= 0.6 is 11.8 Å². The van der Waals surface area contributed by atoms with Gasteiger partial charge in [-0.3, -0.25) is 4.98 Å². The van der Waals surface area contributed by atoms with Crippen LogP contribution in [-0.4, -0.2) is 59.0 Å². The zero-order valence-electron chi connectivity index (χ0n) is 22.6. The molecule has 2 atom stereocenters. The standard InChI is InChI=1S/C30H34N2O6S/c1-30(2,3)38-29(35)32(19-26(33)22-8-6-14-31-17-22)18-23-11-10-20-15-25(12-13-27(20)37-23)39-24-9-5-7-21(16-24)28(34)36-4/h5-9,12-17,23,26,33H,10-11,18-19H2,1-4H3/t23-,26+/m1/s1. The van der Waals surface area contributed by atoms with E-state index in [0.29, 0.717) is 17.5 Å². The molecule has 0 fully saturated rings. The number of nitrogens with zero attached hydrogens (tertiary/aromatic N) is 2. The third-order valence-corrected chi connectivity index (χ3v) is 7.07. The third-order valence-electron chi connectivity index (χ3n) is 6.09. The molecule has 8 nitrogen and oxygen atoms in total. The number of rotatable bonds is 8. The molecule has 1 amide bonds. The van der Waals surface area contributed by atoms with Gasteiger partial charge in [-0.25, -0.2) is 9.59 Å². The Hall–Kier alpha value is -3.56. The molecule has 206 valence electrons. The van der Waals surface area contributed by atoms with Crippen molar-refractivity contribution < 1.29 is 28.9 Å². The van der Waals surface area contributed by atoms with Gasteiger partial charge < -0.3 is 24.2 Å². The lowest BCUT2D eigenvalue weighted by atomic mass is 10.0. The first-order valence-electron chi connectivity index (χ1n) is 12.8. The lowest BCUT2D eigenvalue weighted by Gasteiger charge is -2.33. The van der Waals surface area contributed by atoms with Gasteiger partial charge in [0.2, 0.25) is 0 Å². The van der Waals surface area contributed by atoms with Crippen molar-refractivity contribution >= 4 is 23.8 Å². The topological polar surface area (TPSA) is 98.2 Å². The highest BCUT2D eigenvalue weighted by atomic mass is 32.2. The third kappa shape index (κ3) is 7.97. The summed E-state index contributed by atoms with van der Waals surface area (Å²) < 4.78 is 16.7. The van der Waals surface area contributed by atoms with Crippen LogP contribution in [-0.2, 0) is 15.9 Å². The van der Waals surface area contributed by atoms with Crippen LogP contribution in [0.4, 0.5) is 4.79 Å². The van der Waals surface area contributed by atoms with Crippen molar-refractivity contribution in [2.45, 2.75) is 61.2 Å². The number of methoxy groups -OCH3 is 1. The summed E-state index contributed by atoms with van der Waals surface area (Å²) in [5, 5.41) is 10.8. The van der Waals surface area contributed by atoms with E-state index in [0.717, 1.165) is 27.5 Å². The van der Waals surface area contributed by atoms with Gasteiger partial charge in [0.05, 0.1) is 31.9 Å². The highest BCUT2D eigenvalue weighted by Crippen LogP contribution is 2.35. The van der Waals surface area contributed by atoms with Crippen molar-refractivity contribution in [2.24, 2.45) is 0 Å². The molecule has 4 rings (SSSR count). The Morgan fingerprint density at radius 2 is 1.95 bits per heavy atom. The van der Waals surface area contributed by atoms with Crippen molar-refractivity contribution in [2.75, 3.05) is 20.2 Å². The van der Waals surface area contributed by atoms with Crippen molar-refractivity contribution in [3.05, 3.63) is 83.7 Å². The van der Waals surface area contributed by atoms with Crippen LogP contribution in [0.3, 0.4) is 0 Å². The quantitative estimate of drug-likeness (QED) is 0.358. The predicted molar refractivity (Wildman–Crippen MR) is 148 cm³/mol. The smallest absolute Gasteiger partial charge is 0.410 e. The Labute approximate surface area is 233 Å². The van der Waals surface area contributed by atoms with Gasteiger partial charge in [0, 0.05) is 27.7 Å². The molecule has 0 saturated heterocycles. The number of hydrogen-bond acceptors (Lipinski definition) is 8. The molecule has 0 aliphatic carbocycles. The van der Waals surface area contributed by atoms with Gasteiger partial charge in [0.15, 0.2) is 0 Å². The molecule has 2 heterocycles.